The number of likely N-dealkylation sites (tertiary alicyclic amines) is 1. The van der Waals surface area contributed by atoms with E-state index in [0.29, 0.717) is 24.7 Å². The molecule has 1 aliphatic heterocycles. The lowest BCUT2D eigenvalue weighted by Gasteiger charge is -2.48. The molecule has 2 amide bonds. The van der Waals surface area contributed by atoms with Crippen molar-refractivity contribution in [3.63, 3.8) is 0 Å². The van der Waals surface area contributed by atoms with Crippen LogP contribution in [0.5, 0.6) is 0 Å². The number of carbonyl (C=O) groups is 1. The molecule has 1 aromatic carbocycles. The van der Waals surface area contributed by atoms with Crippen LogP contribution in [0.15, 0.2) is 30.3 Å². The monoisotopic (exact) mass is 289 g/mol. The van der Waals surface area contributed by atoms with Gasteiger partial charge in [-0.1, -0.05) is 30.3 Å². The van der Waals surface area contributed by atoms with Crippen molar-refractivity contribution in [3.8, 4) is 0 Å². The van der Waals surface area contributed by atoms with Crippen molar-refractivity contribution in [2.75, 3.05) is 13.1 Å². The molecule has 0 radical (unpaired) electrons. The summed E-state index contributed by atoms with van der Waals surface area (Å²) in [4.78, 5) is 16.5. The van der Waals surface area contributed by atoms with Crippen molar-refractivity contribution in [1.29, 1.82) is 0 Å². The largest absolute Gasteiger partial charge is 0.334 e. The Morgan fingerprint density at radius 2 is 1.76 bits per heavy atom. The number of rotatable bonds is 5. The van der Waals surface area contributed by atoms with Crippen LogP contribution < -0.4 is 5.32 Å². The third-order valence-corrected chi connectivity index (χ3v) is 4.05. The Kier molecular flexibility index (Phi) is 5.23. The molecule has 0 spiro atoms. The van der Waals surface area contributed by atoms with E-state index in [4.69, 9.17) is 0 Å². The van der Waals surface area contributed by atoms with Gasteiger partial charge in [0.05, 0.1) is 0 Å². The smallest absolute Gasteiger partial charge is 0.317 e. The summed E-state index contributed by atoms with van der Waals surface area (Å²) in [7, 11) is 0. The third kappa shape index (κ3) is 3.97. The van der Waals surface area contributed by atoms with E-state index in [0.717, 1.165) is 18.7 Å². The summed E-state index contributed by atoms with van der Waals surface area (Å²) in [5.41, 5.74) is 1.13. The first kappa shape index (κ1) is 15.8. The summed E-state index contributed by atoms with van der Waals surface area (Å²) in [6, 6.07) is 11.6. The zero-order valence-corrected chi connectivity index (χ0v) is 13.5. The van der Waals surface area contributed by atoms with Gasteiger partial charge in [0.2, 0.25) is 0 Å². The Labute approximate surface area is 128 Å². The van der Waals surface area contributed by atoms with Crippen molar-refractivity contribution in [3.05, 3.63) is 35.9 Å². The number of urea groups is 1. The zero-order valence-electron chi connectivity index (χ0n) is 13.5. The number of benzene rings is 1. The number of carbonyl (C=O) groups excluding carboxylic acids is 1. The highest BCUT2D eigenvalue weighted by atomic mass is 16.2. The van der Waals surface area contributed by atoms with Gasteiger partial charge >= 0.3 is 6.03 Å². The molecule has 1 aliphatic rings. The highest BCUT2D eigenvalue weighted by Crippen LogP contribution is 2.20. The lowest BCUT2D eigenvalue weighted by molar-refractivity contribution is 0.0170. The molecular formula is C17H27N3O. The number of amides is 2. The van der Waals surface area contributed by atoms with Crippen LogP contribution in [-0.4, -0.2) is 47.0 Å². The molecule has 4 nitrogen and oxygen atoms in total. The molecule has 1 N–H and O–H groups in total. The van der Waals surface area contributed by atoms with Gasteiger partial charge in [-0.05, 0) is 33.3 Å². The number of nitrogens with one attached hydrogen (secondary N) is 1. The second-order valence-electron chi connectivity index (χ2n) is 6.34. The summed E-state index contributed by atoms with van der Waals surface area (Å²) in [6.45, 7) is 11.1. The van der Waals surface area contributed by atoms with Crippen LogP contribution in [0.2, 0.25) is 0 Å². The summed E-state index contributed by atoms with van der Waals surface area (Å²) in [5, 5.41) is 2.99. The van der Waals surface area contributed by atoms with Crippen LogP contribution in [0.3, 0.4) is 0 Å². The van der Waals surface area contributed by atoms with Crippen LogP contribution >= 0.6 is 0 Å². The molecule has 4 heteroatoms. The van der Waals surface area contributed by atoms with Crippen molar-refractivity contribution in [2.24, 2.45) is 0 Å². The molecule has 0 aliphatic carbocycles. The first-order chi connectivity index (χ1) is 9.99. The highest BCUT2D eigenvalue weighted by molar-refractivity contribution is 5.75. The molecule has 116 valence electrons. The van der Waals surface area contributed by atoms with E-state index in [2.05, 4.69) is 37.9 Å². The lowest BCUT2D eigenvalue weighted by atomic mass is 10.0. The van der Waals surface area contributed by atoms with E-state index in [1.807, 2.05) is 35.2 Å². The van der Waals surface area contributed by atoms with Crippen LogP contribution in [0, 0.1) is 0 Å². The third-order valence-electron chi connectivity index (χ3n) is 4.05. The number of hydrogen-bond acceptors (Lipinski definition) is 2. The van der Waals surface area contributed by atoms with Gasteiger partial charge in [0, 0.05) is 37.8 Å². The van der Waals surface area contributed by atoms with Crippen LogP contribution in [-0.2, 0) is 6.54 Å². The van der Waals surface area contributed by atoms with Gasteiger partial charge in [-0.3, -0.25) is 4.90 Å². The second-order valence-corrected chi connectivity index (χ2v) is 6.34. The summed E-state index contributed by atoms with van der Waals surface area (Å²) < 4.78 is 0. The molecule has 0 atom stereocenters. The molecule has 0 aromatic heterocycles. The number of nitrogens with zero attached hydrogens (tertiary/aromatic N) is 2. The van der Waals surface area contributed by atoms with Crippen molar-refractivity contribution >= 4 is 6.03 Å². The summed E-state index contributed by atoms with van der Waals surface area (Å²) >= 11 is 0. The fraction of sp³-hybridized carbons (Fsp3) is 0.588. The molecule has 21 heavy (non-hydrogen) atoms. The molecule has 0 saturated carbocycles. The average molecular weight is 289 g/mol. The molecule has 1 saturated heterocycles. The Hall–Kier alpha value is -1.55. The zero-order chi connectivity index (χ0) is 15.4. The van der Waals surface area contributed by atoms with Crippen molar-refractivity contribution in [2.45, 2.75) is 52.4 Å². The van der Waals surface area contributed by atoms with E-state index in [-0.39, 0.29) is 6.03 Å². The van der Waals surface area contributed by atoms with Crippen LogP contribution in [0.4, 0.5) is 4.79 Å². The Balaban J connectivity index is 1.77. The van der Waals surface area contributed by atoms with E-state index >= 15 is 0 Å². The van der Waals surface area contributed by atoms with Gasteiger partial charge in [0.1, 0.15) is 0 Å². The maximum atomic E-state index is 12.1. The van der Waals surface area contributed by atoms with Crippen molar-refractivity contribution < 1.29 is 4.79 Å². The van der Waals surface area contributed by atoms with E-state index in [1.54, 1.807) is 0 Å². The normalized spacial score (nSPS) is 15.7. The molecule has 0 bridgehead atoms. The van der Waals surface area contributed by atoms with Gasteiger partial charge < -0.3 is 10.2 Å². The predicted molar refractivity (Wildman–Crippen MR) is 86.1 cm³/mol. The number of hydrogen-bond donors (Lipinski definition) is 1. The van der Waals surface area contributed by atoms with Gasteiger partial charge in [-0.15, -0.1) is 0 Å². The molecule has 1 heterocycles. The maximum Gasteiger partial charge on any atom is 0.317 e. The lowest BCUT2D eigenvalue weighted by Crippen LogP contribution is -2.65. The fourth-order valence-electron chi connectivity index (χ4n) is 3.13. The molecular weight excluding hydrogens is 262 g/mol. The molecule has 0 unspecified atom stereocenters. The van der Waals surface area contributed by atoms with Gasteiger partial charge in [-0.25, -0.2) is 4.79 Å². The van der Waals surface area contributed by atoms with Crippen molar-refractivity contribution in [1.82, 2.24) is 15.1 Å². The van der Waals surface area contributed by atoms with Gasteiger partial charge in [0.15, 0.2) is 0 Å². The molecule has 1 aromatic rings. The quantitative estimate of drug-likeness (QED) is 0.904. The van der Waals surface area contributed by atoms with Crippen LogP contribution in [0.1, 0.15) is 33.3 Å². The van der Waals surface area contributed by atoms with Gasteiger partial charge in [0.25, 0.3) is 0 Å². The van der Waals surface area contributed by atoms with E-state index < -0.39 is 0 Å². The minimum Gasteiger partial charge on any atom is -0.334 e. The topological polar surface area (TPSA) is 35.6 Å². The standard InChI is InChI=1S/C17H27N3O/c1-13(2)20(14(3)4)16-11-19(12-16)17(21)18-10-15-8-6-5-7-9-15/h5-9,13-14,16H,10-12H2,1-4H3,(H,18,21). The first-order valence-electron chi connectivity index (χ1n) is 7.83. The fourth-order valence-corrected chi connectivity index (χ4v) is 3.13. The van der Waals surface area contributed by atoms with Crippen LogP contribution in [0.25, 0.3) is 0 Å². The maximum absolute atomic E-state index is 12.1. The van der Waals surface area contributed by atoms with E-state index in [9.17, 15) is 4.79 Å². The molecule has 2 rings (SSSR count). The van der Waals surface area contributed by atoms with Gasteiger partial charge in [-0.2, -0.15) is 0 Å². The first-order valence-corrected chi connectivity index (χ1v) is 7.83. The average Bonchev–Trinajstić information content (AvgIpc) is 2.39. The molecule has 1 fully saturated rings. The minimum atomic E-state index is 0.0440. The minimum absolute atomic E-state index is 0.0440. The summed E-state index contributed by atoms with van der Waals surface area (Å²) in [5.74, 6) is 0. The Bertz CT molecular complexity index is 444. The highest BCUT2D eigenvalue weighted by Gasteiger charge is 2.36. The summed E-state index contributed by atoms with van der Waals surface area (Å²) in [6.07, 6.45) is 0. The Morgan fingerprint density at radius 3 is 2.29 bits per heavy atom. The predicted octanol–water partition coefficient (Wildman–Crippen LogP) is 2.70. The second kappa shape index (κ2) is 6.94. The van der Waals surface area contributed by atoms with E-state index in [1.165, 1.54) is 0 Å². The SMILES string of the molecule is CC(C)N(C(C)C)C1CN(C(=O)NCc2ccccc2)C1. The Morgan fingerprint density at radius 1 is 1.19 bits per heavy atom.